The van der Waals surface area contributed by atoms with Gasteiger partial charge in [-0.3, -0.25) is 9.36 Å². The largest absolute Gasteiger partial charge is 0.544 e. The quantitative estimate of drug-likeness (QED) is 0.644. The van der Waals surface area contributed by atoms with Crippen LogP contribution >= 0.6 is 11.6 Å². The van der Waals surface area contributed by atoms with Crippen molar-refractivity contribution < 1.29 is 4.43 Å². The summed E-state index contributed by atoms with van der Waals surface area (Å²) >= 11 is 6.25. The van der Waals surface area contributed by atoms with E-state index in [9.17, 15) is 4.79 Å². The molecule has 0 aliphatic heterocycles. The van der Waals surface area contributed by atoms with Crippen LogP contribution in [0, 0.1) is 6.92 Å². The lowest BCUT2D eigenvalue weighted by Gasteiger charge is -2.19. The highest BCUT2D eigenvalue weighted by atomic mass is 35.5. The molecule has 0 saturated carbocycles. The van der Waals surface area contributed by atoms with Gasteiger partial charge in [0.05, 0.1) is 21.6 Å². The van der Waals surface area contributed by atoms with Gasteiger partial charge in [-0.15, -0.1) is 0 Å². The second-order valence-electron chi connectivity index (χ2n) is 6.64. The fourth-order valence-corrected chi connectivity index (χ4v) is 3.66. The van der Waals surface area contributed by atoms with E-state index in [1.54, 1.807) is 23.6 Å². The lowest BCUT2D eigenvalue weighted by atomic mass is 10.2. The number of hydrogen-bond donors (Lipinski definition) is 0. The Morgan fingerprint density at radius 1 is 1.12 bits per heavy atom. The van der Waals surface area contributed by atoms with Crippen molar-refractivity contribution in [3.63, 3.8) is 0 Å². The average molecular weight is 359 g/mol. The summed E-state index contributed by atoms with van der Waals surface area (Å²) < 4.78 is 7.54. The first kappa shape index (κ1) is 16.7. The van der Waals surface area contributed by atoms with Crippen molar-refractivity contribution in [3.05, 3.63) is 63.7 Å². The molecule has 0 aliphatic carbocycles. The standard InChI is InChI=1S/C18H19ClN2O2Si/c1-12-20-16-11-13(23-24(2,3)4)9-10-14(16)18(22)21(12)17-8-6-5-7-15(17)19/h5-11H,1-4H3. The van der Waals surface area contributed by atoms with E-state index in [-0.39, 0.29) is 5.56 Å². The summed E-state index contributed by atoms with van der Waals surface area (Å²) in [7, 11) is -1.71. The maximum absolute atomic E-state index is 12.9. The van der Waals surface area contributed by atoms with Gasteiger partial charge in [-0.25, -0.2) is 4.98 Å². The molecular weight excluding hydrogens is 340 g/mol. The monoisotopic (exact) mass is 358 g/mol. The SMILES string of the molecule is Cc1nc2cc(O[Si](C)(C)C)ccc2c(=O)n1-c1ccccc1Cl. The molecule has 0 atom stereocenters. The molecule has 0 bridgehead atoms. The first-order valence-corrected chi connectivity index (χ1v) is 11.5. The van der Waals surface area contributed by atoms with Crippen LogP contribution in [0.3, 0.4) is 0 Å². The third kappa shape index (κ3) is 3.23. The Hall–Kier alpha value is -2.11. The van der Waals surface area contributed by atoms with Crippen molar-refractivity contribution in [3.8, 4) is 11.4 Å². The van der Waals surface area contributed by atoms with Gasteiger partial charge in [0.25, 0.3) is 5.56 Å². The van der Waals surface area contributed by atoms with Crippen molar-refractivity contribution in [2.45, 2.75) is 26.6 Å². The lowest BCUT2D eigenvalue weighted by molar-refractivity contribution is 0.558. The summed E-state index contributed by atoms with van der Waals surface area (Å²) in [5.41, 5.74) is 1.14. The van der Waals surface area contributed by atoms with E-state index < -0.39 is 8.32 Å². The zero-order chi connectivity index (χ0) is 17.5. The molecule has 0 unspecified atom stereocenters. The van der Waals surface area contributed by atoms with Crippen LogP contribution in [0.4, 0.5) is 0 Å². The zero-order valence-corrected chi connectivity index (χ0v) is 15.9. The summed E-state index contributed by atoms with van der Waals surface area (Å²) in [5, 5.41) is 1.06. The van der Waals surface area contributed by atoms with Crippen molar-refractivity contribution >= 4 is 30.8 Å². The third-order valence-electron chi connectivity index (χ3n) is 3.53. The van der Waals surface area contributed by atoms with Gasteiger partial charge in [-0.05, 0) is 50.8 Å². The van der Waals surface area contributed by atoms with Gasteiger partial charge in [0.15, 0.2) is 0 Å². The molecule has 24 heavy (non-hydrogen) atoms. The maximum atomic E-state index is 12.9. The van der Waals surface area contributed by atoms with Crippen molar-refractivity contribution in [1.29, 1.82) is 0 Å². The number of rotatable bonds is 3. The topological polar surface area (TPSA) is 44.1 Å². The summed E-state index contributed by atoms with van der Waals surface area (Å²) in [4.78, 5) is 17.5. The van der Waals surface area contributed by atoms with E-state index in [1.807, 2.05) is 30.3 Å². The number of benzene rings is 2. The normalized spacial score (nSPS) is 11.7. The highest BCUT2D eigenvalue weighted by Gasteiger charge is 2.18. The van der Waals surface area contributed by atoms with Crippen molar-refractivity contribution in [2.75, 3.05) is 0 Å². The molecule has 4 nitrogen and oxygen atoms in total. The summed E-state index contributed by atoms with van der Waals surface area (Å²) in [6.45, 7) is 8.15. The van der Waals surface area contributed by atoms with Crippen LogP contribution in [0.5, 0.6) is 5.75 Å². The molecule has 2 aromatic carbocycles. The van der Waals surface area contributed by atoms with E-state index in [0.717, 1.165) is 5.75 Å². The molecule has 0 fully saturated rings. The molecule has 0 spiro atoms. The van der Waals surface area contributed by atoms with Gasteiger partial charge < -0.3 is 4.43 Å². The first-order valence-electron chi connectivity index (χ1n) is 7.73. The molecule has 0 N–H and O–H groups in total. The van der Waals surface area contributed by atoms with Crippen molar-refractivity contribution in [2.24, 2.45) is 0 Å². The summed E-state index contributed by atoms with van der Waals surface area (Å²) in [5.74, 6) is 1.34. The number of aryl methyl sites for hydroxylation is 1. The van der Waals surface area contributed by atoms with Crippen LogP contribution < -0.4 is 9.99 Å². The minimum atomic E-state index is -1.71. The number of para-hydroxylation sites is 1. The van der Waals surface area contributed by atoms with Gasteiger partial charge in [-0.2, -0.15) is 0 Å². The molecule has 3 aromatic rings. The smallest absolute Gasteiger partial charge is 0.266 e. The van der Waals surface area contributed by atoms with Crippen molar-refractivity contribution in [1.82, 2.24) is 9.55 Å². The Labute approximate surface area is 146 Å². The second-order valence-corrected chi connectivity index (χ2v) is 11.5. The molecule has 124 valence electrons. The molecule has 6 heteroatoms. The van der Waals surface area contributed by atoms with E-state index in [0.29, 0.717) is 27.4 Å². The molecule has 0 radical (unpaired) electrons. The van der Waals surface area contributed by atoms with Crippen LogP contribution in [0.15, 0.2) is 47.3 Å². The molecule has 0 amide bonds. The molecular formula is C18H19ClN2O2Si. The number of aromatic nitrogens is 2. The van der Waals surface area contributed by atoms with E-state index >= 15 is 0 Å². The minimum Gasteiger partial charge on any atom is -0.544 e. The molecule has 1 aromatic heterocycles. The summed E-state index contributed by atoms with van der Waals surface area (Å²) in [6, 6.07) is 12.7. The highest BCUT2D eigenvalue weighted by molar-refractivity contribution is 6.70. The van der Waals surface area contributed by atoms with E-state index in [4.69, 9.17) is 16.0 Å². The first-order chi connectivity index (χ1) is 11.3. The van der Waals surface area contributed by atoms with Crippen LogP contribution in [-0.2, 0) is 0 Å². The Bertz CT molecular complexity index is 977. The Morgan fingerprint density at radius 2 is 1.83 bits per heavy atom. The number of halogens is 1. The van der Waals surface area contributed by atoms with Crippen LogP contribution in [0.2, 0.25) is 24.7 Å². The number of nitrogens with zero attached hydrogens (tertiary/aromatic N) is 2. The van der Waals surface area contributed by atoms with Gasteiger partial charge in [0.2, 0.25) is 8.32 Å². The van der Waals surface area contributed by atoms with Crippen LogP contribution in [0.25, 0.3) is 16.6 Å². The number of fused-ring (bicyclic) bond motifs is 1. The van der Waals surface area contributed by atoms with Gasteiger partial charge in [0.1, 0.15) is 11.6 Å². The summed E-state index contributed by atoms with van der Waals surface area (Å²) in [6.07, 6.45) is 0. The molecule has 3 rings (SSSR count). The minimum absolute atomic E-state index is 0.134. The fourth-order valence-electron chi connectivity index (χ4n) is 2.61. The number of hydrogen-bond acceptors (Lipinski definition) is 3. The Balaban J connectivity index is 2.21. The van der Waals surface area contributed by atoms with Gasteiger partial charge in [0, 0.05) is 6.07 Å². The predicted octanol–water partition coefficient (Wildman–Crippen LogP) is 4.56. The van der Waals surface area contributed by atoms with E-state index in [1.165, 1.54) is 0 Å². The van der Waals surface area contributed by atoms with E-state index in [2.05, 4.69) is 24.6 Å². The van der Waals surface area contributed by atoms with Gasteiger partial charge >= 0.3 is 0 Å². The van der Waals surface area contributed by atoms with Crippen LogP contribution in [0.1, 0.15) is 5.82 Å². The maximum Gasteiger partial charge on any atom is 0.266 e. The lowest BCUT2D eigenvalue weighted by Crippen LogP contribution is -2.29. The van der Waals surface area contributed by atoms with Gasteiger partial charge in [-0.1, -0.05) is 23.7 Å². The third-order valence-corrected chi connectivity index (χ3v) is 4.69. The molecule has 0 saturated heterocycles. The fraction of sp³-hybridized carbons (Fsp3) is 0.222. The second kappa shape index (κ2) is 6.07. The highest BCUT2D eigenvalue weighted by Crippen LogP contribution is 2.23. The Morgan fingerprint density at radius 3 is 2.50 bits per heavy atom. The Kier molecular flexibility index (Phi) is 4.23. The molecule has 1 heterocycles. The predicted molar refractivity (Wildman–Crippen MR) is 101 cm³/mol. The zero-order valence-electron chi connectivity index (χ0n) is 14.1. The average Bonchev–Trinajstić information content (AvgIpc) is 2.47. The molecule has 0 aliphatic rings. The van der Waals surface area contributed by atoms with Crippen LogP contribution in [-0.4, -0.2) is 17.9 Å².